The van der Waals surface area contributed by atoms with Crippen molar-refractivity contribution in [2.45, 2.75) is 19.4 Å². The number of nitrogens with one attached hydrogen (secondary N) is 2. The van der Waals surface area contributed by atoms with Gasteiger partial charge in [0.1, 0.15) is 11.5 Å². The molecule has 2 aromatic rings. The van der Waals surface area contributed by atoms with Crippen LogP contribution in [0.2, 0.25) is 0 Å². The lowest BCUT2D eigenvalue weighted by molar-refractivity contribution is -0.129. The number of carbonyl (C=O) groups is 2. The van der Waals surface area contributed by atoms with Crippen LogP contribution in [0.4, 0.5) is 11.4 Å². The van der Waals surface area contributed by atoms with Gasteiger partial charge in [-0.3, -0.25) is 9.59 Å². The Kier molecular flexibility index (Phi) is 4.67. The summed E-state index contributed by atoms with van der Waals surface area (Å²) in [6.07, 6.45) is 3.14. The Labute approximate surface area is 151 Å². The van der Waals surface area contributed by atoms with Gasteiger partial charge in [-0.15, -0.1) is 0 Å². The Balaban J connectivity index is 1.69. The van der Waals surface area contributed by atoms with E-state index >= 15 is 0 Å². The fourth-order valence-electron chi connectivity index (χ4n) is 2.49. The van der Waals surface area contributed by atoms with Crippen molar-refractivity contribution in [3.05, 3.63) is 54.1 Å². The molecule has 0 unspecified atom stereocenters. The first-order chi connectivity index (χ1) is 12.4. The minimum Gasteiger partial charge on any atom is -0.497 e. The fraction of sp³-hybridized carbons (Fsp3) is 0.200. The number of benzene rings is 2. The zero-order chi connectivity index (χ0) is 18.7. The summed E-state index contributed by atoms with van der Waals surface area (Å²) in [4.78, 5) is 24.1. The molecule has 0 aliphatic carbocycles. The smallest absolute Gasteiger partial charge is 0.268 e. The van der Waals surface area contributed by atoms with Gasteiger partial charge in [0.25, 0.3) is 5.91 Å². The maximum atomic E-state index is 12.1. The second-order valence-electron chi connectivity index (χ2n) is 6.38. The third-order valence-electron chi connectivity index (χ3n) is 3.93. The number of rotatable bonds is 4. The summed E-state index contributed by atoms with van der Waals surface area (Å²) in [7, 11) is 1.59. The van der Waals surface area contributed by atoms with E-state index < -0.39 is 5.60 Å². The van der Waals surface area contributed by atoms with Crippen molar-refractivity contribution in [3.8, 4) is 11.5 Å². The van der Waals surface area contributed by atoms with E-state index in [0.717, 1.165) is 11.3 Å². The average molecular weight is 352 g/mol. The quantitative estimate of drug-likeness (QED) is 0.826. The molecule has 2 N–H and O–H groups in total. The van der Waals surface area contributed by atoms with Crippen LogP contribution in [-0.4, -0.2) is 24.5 Å². The number of hydrogen-bond acceptors (Lipinski definition) is 4. The summed E-state index contributed by atoms with van der Waals surface area (Å²) in [6.45, 7) is 3.40. The van der Waals surface area contributed by atoms with Crippen molar-refractivity contribution in [1.29, 1.82) is 0 Å². The molecule has 2 amide bonds. The molecule has 0 fully saturated rings. The van der Waals surface area contributed by atoms with Crippen molar-refractivity contribution >= 4 is 29.3 Å². The first-order valence-electron chi connectivity index (χ1n) is 8.15. The molecule has 0 atom stereocenters. The molecule has 0 saturated carbocycles. The number of fused-ring (bicyclic) bond motifs is 1. The normalized spacial score (nSPS) is 15.0. The Morgan fingerprint density at radius 3 is 2.81 bits per heavy atom. The molecule has 0 saturated heterocycles. The summed E-state index contributed by atoms with van der Waals surface area (Å²) < 4.78 is 10.8. The highest BCUT2D eigenvalue weighted by atomic mass is 16.5. The molecule has 0 bridgehead atoms. The lowest BCUT2D eigenvalue weighted by atomic mass is 10.1. The van der Waals surface area contributed by atoms with Gasteiger partial charge in [0.2, 0.25) is 5.91 Å². The predicted molar refractivity (Wildman–Crippen MR) is 100 cm³/mol. The van der Waals surface area contributed by atoms with E-state index in [1.54, 1.807) is 45.2 Å². The van der Waals surface area contributed by atoms with Crippen LogP contribution in [0, 0.1) is 0 Å². The van der Waals surface area contributed by atoms with Gasteiger partial charge in [-0.25, -0.2) is 0 Å². The molecular formula is C20H20N2O4. The molecule has 134 valence electrons. The zero-order valence-corrected chi connectivity index (χ0v) is 14.8. The summed E-state index contributed by atoms with van der Waals surface area (Å²) in [5.74, 6) is 0.781. The standard InChI is InChI=1S/C20H20N2O4/c1-20(2)19(24)22-16-12-14(8-9-17(16)26-20)21-18(23)10-7-13-5-4-6-15(11-13)25-3/h4-12H,1-3H3,(H,21,23)(H,22,24)/b10-7+. The second-order valence-corrected chi connectivity index (χ2v) is 6.38. The summed E-state index contributed by atoms with van der Waals surface area (Å²) in [5.41, 5.74) is 1.03. The number of ether oxygens (including phenoxy) is 2. The highest BCUT2D eigenvalue weighted by molar-refractivity contribution is 6.04. The zero-order valence-electron chi connectivity index (χ0n) is 14.8. The van der Waals surface area contributed by atoms with Crippen LogP contribution in [0.1, 0.15) is 19.4 Å². The average Bonchev–Trinajstić information content (AvgIpc) is 2.61. The Morgan fingerprint density at radius 2 is 2.04 bits per heavy atom. The first kappa shape index (κ1) is 17.5. The van der Waals surface area contributed by atoms with Crippen LogP contribution in [0.15, 0.2) is 48.5 Å². The minimum atomic E-state index is -0.919. The van der Waals surface area contributed by atoms with Crippen LogP contribution in [0.25, 0.3) is 6.08 Å². The third kappa shape index (κ3) is 3.85. The number of anilines is 2. The largest absolute Gasteiger partial charge is 0.497 e. The molecule has 0 spiro atoms. The SMILES string of the molecule is COc1cccc(/C=C/C(=O)Nc2ccc3c(c2)NC(=O)C(C)(C)O3)c1. The molecule has 1 aliphatic heterocycles. The molecule has 1 aliphatic rings. The first-order valence-corrected chi connectivity index (χ1v) is 8.15. The van der Waals surface area contributed by atoms with Crippen LogP contribution in [0.5, 0.6) is 11.5 Å². The van der Waals surface area contributed by atoms with E-state index in [1.165, 1.54) is 6.08 Å². The second kappa shape index (κ2) is 6.92. The maximum Gasteiger partial charge on any atom is 0.268 e. The van der Waals surface area contributed by atoms with Gasteiger partial charge >= 0.3 is 0 Å². The van der Waals surface area contributed by atoms with Gasteiger partial charge < -0.3 is 20.1 Å². The van der Waals surface area contributed by atoms with Gasteiger partial charge in [-0.05, 0) is 55.8 Å². The number of methoxy groups -OCH3 is 1. The van der Waals surface area contributed by atoms with Crippen molar-refractivity contribution in [1.82, 2.24) is 0 Å². The van der Waals surface area contributed by atoms with Crippen LogP contribution >= 0.6 is 0 Å². The molecule has 6 heteroatoms. The maximum absolute atomic E-state index is 12.1. The number of hydrogen-bond donors (Lipinski definition) is 2. The van der Waals surface area contributed by atoms with Gasteiger partial charge in [0.15, 0.2) is 5.60 Å². The summed E-state index contributed by atoms with van der Waals surface area (Å²) in [6, 6.07) is 12.5. The predicted octanol–water partition coefficient (Wildman–Crippen LogP) is 3.46. The lowest BCUT2D eigenvalue weighted by Gasteiger charge is -2.31. The van der Waals surface area contributed by atoms with E-state index in [1.807, 2.05) is 24.3 Å². The molecule has 3 rings (SSSR count). The van der Waals surface area contributed by atoms with E-state index in [-0.39, 0.29) is 11.8 Å². The fourth-order valence-corrected chi connectivity index (χ4v) is 2.49. The molecule has 6 nitrogen and oxygen atoms in total. The van der Waals surface area contributed by atoms with Crippen LogP contribution in [-0.2, 0) is 9.59 Å². The highest BCUT2D eigenvalue weighted by Gasteiger charge is 2.35. The third-order valence-corrected chi connectivity index (χ3v) is 3.93. The lowest BCUT2D eigenvalue weighted by Crippen LogP contribution is -2.45. The number of amides is 2. The van der Waals surface area contributed by atoms with Crippen molar-refractivity contribution in [3.63, 3.8) is 0 Å². The molecule has 0 radical (unpaired) electrons. The Hall–Kier alpha value is -3.28. The van der Waals surface area contributed by atoms with Crippen molar-refractivity contribution in [2.75, 3.05) is 17.7 Å². The van der Waals surface area contributed by atoms with Crippen molar-refractivity contribution < 1.29 is 19.1 Å². The topological polar surface area (TPSA) is 76.7 Å². The van der Waals surface area contributed by atoms with Gasteiger partial charge in [0.05, 0.1) is 12.8 Å². The van der Waals surface area contributed by atoms with Gasteiger partial charge in [-0.1, -0.05) is 12.1 Å². The molecule has 1 heterocycles. The minimum absolute atomic E-state index is 0.230. The molecule has 0 aromatic heterocycles. The number of carbonyl (C=O) groups excluding carboxylic acids is 2. The molecule has 26 heavy (non-hydrogen) atoms. The van der Waals surface area contributed by atoms with Crippen LogP contribution in [0.3, 0.4) is 0 Å². The molecule has 2 aromatic carbocycles. The van der Waals surface area contributed by atoms with E-state index in [9.17, 15) is 9.59 Å². The Morgan fingerprint density at radius 1 is 1.23 bits per heavy atom. The van der Waals surface area contributed by atoms with E-state index in [0.29, 0.717) is 17.1 Å². The summed E-state index contributed by atoms with van der Waals surface area (Å²) in [5, 5.41) is 5.55. The van der Waals surface area contributed by atoms with E-state index in [2.05, 4.69) is 10.6 Å². The Bertz CT molecular complexity index is 887. The van der Waals surface area contributed by atoms with Crippen LogP contribution < -0.4 is 20.1 Å². The monoisotopic (exact) mass is 352 g/mol. The van der Waals surface area contributed by atoms with E-state index in [4.69, 9.17) is 9.47 Å². The van der Waals surface area contributed by atoms with Gasteiger partial charge in [0, 0.05) is 11.8 Å². The summed E-state index contributed by atoms with van der Waals surface area (Å²) >= 11 is 0. The van der Waals surface area contributed by atoms with Gasteiger partial charge in [-0.2, -0.15) is 0 Å². The molecular weight excluding hydrogens is 332 g/mol. The van der Waals surface area contributed by atoms with Crippen molar-refractivity contribution in [2.24, 2.45) is 0 Å². The highest BCUT2D eigenvalue weighted by Crippen LogP contribution is 2.35.